The van der Waals surface area contributed by atoms with E-state index < -0.39 is 0 Å². The Balaban J connectivity index is 1.19. The zero-order chi connectivity index (χ0) is 29.3. The Morgan fingerprint density at radius 3 is 2.30 bits per heavy atom. The van der Waals surface area contributed by atoms with Crippen LogP contribution in [-0.4, -0.2) is 40.6 Å². The quantitative estimate of drug-likeness (QED) is 0.135. The minimum Gasteiger partial charge on any atom is -0.465 e. The van der Waals surface area contributed by atoms with Gasteiger partial charge in [0, 0.05) is 42.5 Å². The third-order valence-corrected chi connectivity index (χ3v) is 9.28. The minimum absolute atomic E-state index is 0.109. The Bertz CT molecular complexity index is 1740. The molecule has 0 radical (unpaired) electrons. The van der Waals surface area contributed by atoms with Crippen molar-refractivity contribution in [2.75, 3.05) is 20.2 Å². The van der Waals surface area contributed by atoms with Gasteiger partial charge in [-0.15, -0.1) is 0 Å². The molecule has 1 saturated heterocycles. The van der Waals surface area contributed by atoms with E-state index in [4.69, 9.17) is 21.3 Å². The largest absolute Gasteiger partial charge is 0.465 e. The highest BCUT2D eigenvalue weighted by Crippen LogP contribution is 2.44. The predicted octanol–water partition coefficient (Wildman–Crippen LogP) is 8.37. The Hall–Kier alpha value is -3.93. The van der Waals surface area contributed by atoms with E-state index in [-0.39, 0.29) is 11.9 Å². The van der Waals surface area contributed by atoms with E-state index in [1.54, 1.807) is 0 Å². The molecule has 2 heterocycles. The molecule has 0 bridgehead atoms. The molecule has 1 atom stereocenters. The number of nitrogens with zero attached hydrogens (tertiary/aromatic N) is 3. The first-order chi connectivity index (χ1) is 21.1. The summed E-state index contributed by atoms with van der Waals surface area (Å²) in [6.07, 6.45) is 4.60. The van der Waals surface area contributed by atoms with Crippen molar-refractivity contribution in [1.29, 1.82) is 0 Å². The van der Waals surface area contributed by atoms with Gasteiger partial charge in [-0.3, -0.25) is 4.90 Å². The molecular weight excluding hydrogens is 554 g/mol. The maximum Gasteiger partial charge on any atom is 0.337 e. The number of aromatic nitrogens is 2. The fraction of sp³-hybridized carbons (Fsp3) is 0.297. The average Bonchev–Trinajstić information content (AvgIpc) is 3.83. The van der Waals surface area contributed by atoms with Gasteiger partial charge in [0.05, 0.1) is 23.7 Å². The van der Waals surface area contributed by atoms with Crippen LogP contribution in [0.4, 0.5) is 0 Å². The first kappa shape index (κ1) is 27.9. The van der Waals surface area contributed by atoms with Crippen molar-refractivity contribution in [1.82, 2.24) is 14.5 Å². The lowest BCUT2D eigenvalue weighted by Crippen LogP contribution is -2.34. The summed E-state index contributed by atoms with van der Waals surface area (Å²) in [4.78, 5) is 19.7. The summed E-state index contributed by atoms with van der Waals surface area (Å²) in [5.74, 6) is 1.65. The molecule has 1 unspecified atom stereocenters. The molecule has 2 aliphatic rings. The number of ether oxygens (including phenoxy) is 1. The maximum absolute atomic E-state index is 12.0. The number of carbonyl (C=O) groups is 1. The number of imidazole rings is 1. The van der Waals surface area contributed by atoms with Gasteiger partial charge in [-0.05, 0) is 84.3 Å². The number of benzene rings is 4. The number of fused-ring (bicyclic) bond motifs is 1. The molecule has 4 aromatic carbocycles. The number of methoxy groups -OCH3 is 1. The normalized spacial score (nSPS) is 16.8. The number of likely N-dealkylation sites (tertiary alicyclic amines) is 1. The number of hydrogen-bond acceptors (Lipinski definition) is 4. The number of piperidine rings is 1. The number of halogens is 1. The Kier molecular flexibility index (Phi) is 7.77. The Labute approximate surface area is 258 Å². The maximum atomic E-state index is 12.0. The molecule has 1 aliphatic heterocycles. The molecule has 5 aromatic rings. The van der Waals surface area contributed by atoms with E-state index in [2.05, 4.69) is 76.2 Å². The lowest BCUT2D eigenvalue weighted by Gasteiger charge is -2.34. The molecule has 5 nitrogen and oxygen atoms in total. The smallest absolute Gasteiger partial charge is 0.337 e. The molecule has 0 N–H and O–H groups in total. The molecule has 7 rings (SSSR count). The lowest BCUT2D eigenvalue weighted by atomic mass is 9.85. The van der Waals surface area contributed by atoms with E-state index >= 15 is 0 Å². The van der Waals surface area contributed by atoms with Crippen LogP contribution in [0.3, 0.4) is 0 Å². The van der Waals surface area contributed by atoms with Crippen LogP contribution >= 0.6 is 11.6 Å². The SMILES string of the molecule is COC(=O)c1cccc(CN2CCC(n3c(C4CC4)nc4ccc(C(c5ccccc5)c5ccc(Cl)cc5)cc43)CC2)c1. The Morgan fingerprint density at radius 1 is 0.860 bits per heavy atom. The number of esters is 1. The summed E-state index contributed by atoms with van der Waals surface area (Å²) >= 11 is 6.28. The fourth-order valence-electron chi connectivity index (χ4n) is 6.71. The molecule has 0 spiro atoms. The highest BCUT2D eigenvalue weighted by Gasteiger charge is 2.33. The van der Waals surface area contributed by atoms with Gasteiger partial charge in [-0.2, -0.15) is 0 Å². The molecule has 1 saturated carbocycles. The van der Waals surface area contributed by atoms with Crippen LogP contribution in [0.1, 0.15) is 82.0 Å². The van der Waals surface area contributed by atoms with Crippen LogP contribution in [0.25, 0.3) is 11.0 Å². The zero-order valence-corrected chi connectivity index (χ0v) is 25.2. The Morgan fingerprint density at radius 2 is 1.58 bits per heavy atom. The van der Waals surface area contributed by atoms with E-state index in [9.17, 15) is 4.79 Å². The number of rotatable bonds is 8. The van der Waals surface area contributed by atoms with Crippen molar-refractivity contribution in [3.63, 3.8) is 0 Å². The third kappa shape index (κ3) is 5.84. The second kappa shape index (κ2) is 12.0. The molecule has 2 fully saturated rings. The van der Waals surface area contributed by atoms with Crippen LogP contribution in [0, 0.1) is 0 Å². The summed E-state index contributed by atoms with van der Waals surface area (Å²) in [6, 6.07) is 34.1. The number of hydrogen-bond donors (Lipinski definition) is 0. The summed E-state index contributed by atoms with van der Waals surface area (Å²) in [5, 5.41) is 0.751. The monoisotopic (exact) mass is 589 g/mol. The van der Waals surface area contributed by atoms with Gasteiger partial charge in [0.25, 0.3) is 0 Å². The van der Waals surface area contributed by atoms with Crippen molar-refractivity contribution >= 4 is 28.6 Å². The van der Waals surface area contributed by atoms with Gasteiger partial charge < -0.3 is 9.30 Å². The molecule has 1 aliphatic carbocycles. The highest BCUT2D eigenvalue weighted by atomic mass is 35.5. The summed E-state index contributed by atoms with van der Waals surface area (Å²) in [7, 11) is 1.43. The van der Waals surface area contributed by atoms with Crippen molar-refractivity contribution in [3.8, 4) is 0 Å². The minimum atomic E-state index is -0.287. The fourth-order valence-corrected chi connectivity index (χ4v) is 6.83. The topological polar surface area (TPSA) is 47.4 Å². The average molecular weight is 590 g/mol. The molecule has 218 valence electrons. The summed E-state index contributed by atoms with van der Waals surface area (Å²) in [6.45, 7) is 2.85. The van der Waals surface area contributed by atoms with Crippen LogP contribution in [0.2, 0.25) is 5.02 Å². The highest BCUT2D eigenvalue weighted by molar-refractivity contribution is 6.30. The summed E-state index contributed by atoms with van der Waals surface area (Å²) < 4.78 is 7.51. The second-order valence-corrected chi connectivity index (χ2v) is 12.4. The number of carbonyl (C=O) groups excluding carboxylic acids is 1. The van der Waals surface area contributed by atoms with Crippen molar-refractivity contribution in [2.45, 2.75) is 50.1 Å². The van der Waals surface area contributed by atoms with E-state index in [1.165, 1.54) is 48.0 Å². The standard InChI is InChI=1S/C37H36ClN3O2/c1-43-37(42)30-9-5-6-25(22-30)24-40-20-18-32(19-21-40)41-34-23-29(14-17-33(34)39-36(41)28-10-11-28)35(26-7-3-2-4-8-26)27-12-15-31(38)16-13-27/h2-9,12-17,22-23,28,32,35H,10-11,18-21,24H2,1H3. The van der Waals surface area contributed by atoms with Gasteiger partial charge in [0.15, 0.2) is 0 Å². The lowest BCUT2D eigenvalue weighted by molar-refractivity contribution is 0.0600. The van der Waals surface area contributed by atoms with Crippen LogP contribution < -0.4 is 0 Å². The third-order valence-electron chi connectivity index (χ3n) is 9.03. The summed E-state index contributed by atoms with van der Waals surface area (Å²) in [5.41, 5.74) is 7.86. The van der Waals surface area contributed by atoms with Gasteiger partial charge in [-0.25, -0.2) is 9.78 Å². The van der Waals surface area contributed by atoms with Crippen LogP contribution in [0.15, 0.2) is 97.1 Å². The first-order valence-corrected chi connectivity index (χ1v) is 15.7. The molecule has 6 heteroatoms. The van der Waals surface area contributed by atoms with Gasteiger partial charge in [0.2, 0.25) is 0 Å². The molecule has 1 aromatic heterocycles. The van der Waals surface area contributed by atoms with Crippen molar-refractivity contribution in [2.24, 2.45) is 0 Å². The van der Waals surface area contributed by atoms with E-state index in [1.807, 2.05) is 30.3 Å². The second-order valence-electron chi connectivity index (χ2n) is 12.0. The molecular formula is C37H36ClN3O2. The van der Waals surface area contributed by atoms with Gasteiger partial charge in [-0.1, -0.05) is 72.3 Å². The van der Waals surface area contributed by atoms with Crippen molar-refractivity contribution < 1.29 is 9.53 Å². The molecule has 0 amide bonds. The van der Waals surface area contributed by atoms with E-state index in [0.29, 0.717) is 17.5 Å². The molecule has 43 heavy (non-hydrogen) atoms. The predicted molar refractivity (Wildman–Crippen MR) is 172 cm³/mol. The van der Waals surface area contributed by atoms with E-state index in [0.717, 1.165) is 48.6 Å². The van der Waals surface area contributed by atoms with Gasteiger partial charge >= 0.3 is 5.97 Å². The van der Waals surface area contributed by atoms with Crippen LogP contribution in [-0.2, 0) is 11.3 Å². The van der Waals surface area contributed by atoms with Crippen molar-refractivity contribution in [3.05, 3.63) is 136 Å². The zero-order valence-electron chi connectivity index (χ0n) is 24.5. The van der Waals surface area contributed by atoms with Crippen LogP contribution in [0.5, 0.6) is 0 Å². The first-order valence-electron chi connectivity index (χ1n) is 15.3. The van der Waals surface area contributed by atoms with Gasteiger partial charge in [0.1, 0.15) is 5.82 Å².